The van der Waals surface area contributed by atoms with E-state index in [1.807, 2.05) is 6.07 Å². The van der Waals surface area contributed by atoms with E-state index >= 15 is 0 Å². The Labute approximate surface area is 196 Å². The molecule has 172 valence electrons. The Kier molecular flexibility index (Phi) is 6.65. The summed E-state index contributed by atoms with van der Waals surface area (Å²) < 4.78 is 5.12. The fourth-order valence-corrected chi connectivity index (χ4v) is 4.47. The van der Waals surface area contributed by atoms with E-state index in [9.17, 15) is 19.2 Å². The van der Waals surface area contributed by atoms with Crippen molar-refractivity contribution < 1.29 is 23.9 Å². The van der Waals surface area contributed by atoms with E-state index in [0.717, 1.165) is 16.7 Å². The van der Waals surface area contributed by atoms with Gasteiger partial charge in [0, 0.05) is 25.1 Å². The molecule has 2 N–H and O–H groups in total. The van der Waals surface area contributed by atoms with E-state index in [2.05, 4.69) is 10.6 Å². The summed E-state index contributed by atoms with van der Waals surface area (Å²) in [6.45, 7) is 0.606. The number of carbonyl (C=O) groups is 4. The fourth-order valence-electron chi connectivity index (χ4n) is 4.19. The van der Waals surface area contributed by atoms with Crippen molar-refractivity contribution >= 4 is 35.2 Å². The largest absolute Gasteiger partial charge is 0.495 e. The summed E-state index contributed by atoms with van der Waals surface area (Å²) in [6.07, 6.45) is 1.47. The Bertz CT molecular complexity index is 1130. The summed E-state index contributed by atoms with van der Waals surface area (Å²) in [5, 5.41) is 5.68. The number of amides is 4. The molecular formula is C24H24ClN3O5. The van der Waals surface area contributed by atoms with Crippen LogP contribution in [0.25, 0.3) is 0 Å². The molecule has 1 atom stereocenters. The fraction of sp³-hybridized carbons (Fsp3) is 0.333. The maximum atomic E-state index is 12.9. The normalized spacial score (nSPS) is 17.9. The standard InChI is InChI=1S/C24H24ClN3O5/c1-33-20-8-6-14(10-18(20)25)11-22(30)26-12-15-5-7-17-16(9-15)13-28(24(17)32)19-3-2-4-21(29)27-23(19)31/h5-10,19H,2-4,11-13H2,1H3,(H,26,30)(H,27,29,31)/t19-/m0/s1. The third kappa shape index (κ3) is 5.01. The van der Waals surface area contributed by atoms with Crippen LogP contribution in [0.5, 0.6) is 5.75 Å². The highest BCUT2D eigenvalue weighted by Crippen LogP contribution is 2.28. The van der Waals surface area contributed by atoms with Gasteiger partial charge in [0.1, 0.15) is 11.8 Å². The van der Waals surface area contributed by atoms with Gasteiger partial charge in [-0.2, -0.15) is 0 Å². The monoisotopic (exact) mass is 469 g/mol. The zero-order chi connectivity index (χ0) is 23.5. The van der Waals surface area contributed by atoms with Crippen LogP contribution in [-0.4, -0.2) is 41.7 Å². The van der Waals surface area contributed by atoms with Gasteiger partial charge in [-0.05, 0) is 47.7 Å². The molecule has 2 aliphatic heterocycles. The summed E-state index contributed by atoms with van der Waals surface area (Å²) in [4.78, 5) is 50.7. The molecule has 9 heteroatoms. The van der Waals surface area contributed by atoms with Crippen molar-refractivity contribution in [3.05, 3.63) is 63.7 Å². The van der Waals surface area contributed by atoms with Crippen LogP contribution in [0, 0.1) is 0 Å². The smallest absolute Gasteiger partial charge is 0.255 e. The van der Waals surface area contributed by atoms with E-state index in [1.54, 1.807) is 30.3 Å². The lowest BCUT2D eigenvalue weighted by Crippen LogP contribution is -2.46. The lowest BCUT2D eigenvalue weighted by Gasteiger charge is -2.24. The Morgan fingerprint density at radius 3 is 2.73 bits per heavy atom. The molecule has 2 aliphatic rings. The van der Waals surface area contributed by atoms with Gasteiger partial charge in [-0.15, -0.1) is 0 Å². The molecule has 0 unspecified atom stereocenters. The zero-order valence-electron chi connectivity index (χ0n) is 18.2. The Morgan fingerprint density at radius 1 is 1.18 bits per heavy atom. The first-order valence-electron chi connectivity index (χ1n) is 10.7. The zero-order valence-corrected chi connectivity index (χ0v) is 18.9. The average molecular weight is 470 g/mol. The number of ether oxygens (including phenoxy) is 1. The van der Waals surface area contributed by atoms with Crippen LogP contribution >= 0.6 is 11.6 Å². The van der Waals surface area contributed by atoms with Crippen molar-refractivity contribution in [2.75, 3.05) is 7.11 Å². The highest BCUT2D eigenvalue weighted by atomic mass is 35.5. The van der Waals surface area contributed by atoms with Gasteiger partial charge in [-0.3, -0.25) is 24.5 Å². The molecule has 0 aromatic heterocycles. The number of imide groups is 1. The van der Waals surface area contributed by atoms with E-state index in [-0.39, 0.29) is 30.6 Å². The maximum absolute atomic E-state index is 12.9. The minimum absolute atomic E-state index is 0.158. The van der Waals surface area contributed by atoms with Gasteiger partial charge in [0.15, 0.2) is 0 Å². The Balaban J connectivity index is 1.38. The summed E-state index contributed by atoms with van der Waals surface area (Å²) in [7, 11) is 1.53. The molecule has 0 bridgehead atoms. The molecule has 1 fully saturated rings. The van der Waals surface area contributed by atoms with E-state index in [4.69, 9.17) is 16.3 Å². The van der Waals surface area contributed by atoms with Crippen molar-refractivity contribution in [1.29, 1.82) is 0 Å². The van der Waals surface area contributed by atoms with Gasteiger partial charge >= 0.3 is 0 Å². The van der Waals surface area contributed by atoms with E-state index in [1.165, 1.54) is 12.0 Å². The topological polar surface area (TPSA) is 105 Å². The molecule has 2 aromatic rings. The summed E-state index contributed by atoms with van der Waals surface area (Å²) in [6, 6.07) is 9.94. The lowest BCUT2D eigenvalue weighted by molar-refractivity contribution is -0.132. The van der Waals surface area contributed by atoms with E-state index in [0.29, 0.717) is 42.3 Å². The van der Waals surface area contributed by atoms with Crippen LogP contribution < -0.4 is 15.4 Å². The van der Waals surface area contributed by atoms with Crippen molar-refractivity contribution in [1.82, 2.24) is 15.5 Å². The van der Waals surface area contributed by atoms with Crippen LogP contribution in [0.15, 0.2) is 36.4 Å². The molecular weight excluding hydrogens is 446 g/mol. The summed E-state index contributed by atoms with van der Waals surface area (Å²) in [5.41, 5.74) is 2.97. The number of fused-ring (bicyclic) bond motifs is 1. The number of nitrogens with zero attached hydrogens (tertiary/aromatic N) is 1. The van der Waals surface area contributed by atoms with Gasteiger partial charge in [-0.25, -0.2) is 0 Å². The number of hydrogen-bond donors (Lipinski definition) is 2. The highest BCUT2D eigenvalue weighted by molar-refractivity contribution is 6.32. The Morgan fingerprint density at radius 2 is 1.97 bits per heavy atom. The predicted octanol–water partition coefficient (Wildman–Crippen LogP) is 2.36. The van der Waals surface area contributed by atoms with Gasteiger partial charge in [0.05, 0.1) is 18.6 Å². The first-order valence-corrected chi connectivity index (χ1v) is 11.1. The molecule has 0 aliphatic carbocycles. The quantitative estimate of drug-likeness (QED) is 0.632. The SMILES string of the molecule is COc1ccc(CC(=O)NCc2ccc3c(c2)CN([C@H]2CCCC(=O)NC2=O)C3=O)cc1Cl. The number of nitrogens with one attached hydrogen (secondary N) is 2. The van der Waals surface area contributed by atoms with Crippen molar-refractivity contribution in [2.24, 2.45) is 0 Å². The number of benzene rings is 2. The predicted molar refractivity (Wildman–Crippen MR) is 121 cm³/mol. The van der Waals surface area contributed by atoms with Crippen LogP contribution in [0.4, 0.5) is 0 Å². The molecule has 1 saturated heterocycles. The lowest BCUT2D eigenvalue weighted by atomic mass is 10.1. The van der Waals surface area contributed by atoms with Gasteiger partial charge in [-0.1, -0.05) is 29.8 Å². The average Bonchev–Trinajstić information content (AvgIpc) is 3.00. The number of hydrogen-bond acceptors (Lipinski definition) is 5. The van der Waals surface area contributed by atoms with Crippen LogP contribution in [0.3, 0.4) is 0 Å². The number of halogens is 1. The third-order valence-corrected chi connectivity index (χ3v) is 6.19. The molecule has 0 radical (unpaired) electrons. The van der Waals surface area contributed by atoms with Gasteiger partial charge in [0.2, 0.25) is 17.7 Å². The molecule has 0 spiro atoms. The third-order valence-electron chi connectivity index (χ3n) is 5.90. The van der Waals surface area contributed by atoms with Crippen LogP contribution in [-0.2, 0) is 33.9 Å². The molecule has 0 saturated carbocycles. The van der Waals surface area contributed by atoms with Gasteiger partial charge in [0.25, 0.3) is 5.91 Å². The molecule has 8 nitrogen and oxygen atoms in total. The Hall–Kier alpha value is -3.39. The minimum Gasteiger partial charge on any atom is -0.495 e. The minimum atomic E-state index is -0.657. The van der Waals surface area contributed by atoms with Crippen molar-refractivity contribution in [2.45, 2.75) is 44.8 Å². The second-order valence-corrected chi connectivity index (χ2v) is 8.57. The first-order chi connectivity index (χ1) is 15.9. The summed E-state index contributed by atoms with van der Waals surface area (Å²) >= 11 is 6.12. The molecule has 2 heterocycles. The molecule has 2 aromatic carbocycles. The molecule has 4 rings (SSSR count). The van der Waals surface area contributed by atoms with Crippen molar-refractivity contribution in [3.63, 3.8) is 0 Å². The van der Waals surface area contributed by atoms with Crippen LogP contribution in [0.1, 0.15) is 46.3 Å². The van der Waals surface area contributed by atoms with Crippen molar-refractivity contribution in [3.8, 4) is 5.75 Å². The number of rotatable bonds is 6. The van der Waals surface area contributed by atoms with Crippen LogP contribution in [0.2, 0.25) is 5.02 Å². The molecule has 33 heavy (non-hydrogen) atoms. The molecule has 4 amide bonds. The number of methoxy groups -OCH3 is 1. The van der Waals surface area contributed by atoms with E-state index < -0.39 is 11.9 Å². The summed E-state index contributed by atoms with van der Waals surface area (Å²) in [5.74, 6) is -0.553. The second-order valence-electron chi connectivity index (χ2n) is 8.17. The highest BCUT2D eigenvalue weighted by Gasteiger charge is 2.37. The second kappa shape index (κ2) is 9.62. The van der Waals surface area contributed by atoms with Gasteiger partial charge < -0.3 is 15.0 Å². The maximum Gasteiger partial charge on any atom is 0.255 e. The first kappa shape index (κ1) is 22.8. The number of carbonyl (C=O) groups excluding carboxylic acids is 4.